The summed E-state index contributed by atoms with van der Waals surface area (Å²) in [6.45, 7) is 1.84. The van der Waals surface area contributed by atoms with Crippen molar-refractivity contribution in [2.45, 2.75) is 13.0 Å². The first-order chi connectivity index (χ1) is 10.9. The van der Waals surface area contributed by atoms with Gasteiger partial charge in [-0.15, -0.1) is 0 Å². The molecule has 7 heteroatoms. The van der Waals surface area contributed by atoms with Crippen LogP contribution in [0.3, 0.4) is 0 Å². The fraction of sp³-hybridized carbons (Fsp3) is 0.125. The van der Waals surface area contributed by atoms with Crippen LogP contribution in [0.2, 0.25) is 10.0 Å². The molecule has 4 N–H and O–H groups in total. The number of benzene rings is 2. The quantitative estimate of drug-likeness (QED) is 0.778. The molecule has 2 aromatic rings. The van der Waals surface area contributed by atoms with Gasteiger partial charge in [-0.3, -0.25) is 4.79 Å². The smallest absolute Gasteiger partial charge is 0.316 e. The molecule has 0 aliphatic carbocycles. The second-order valence-electron chi connectivity index (χ2n) is 4.94. The van der Waals surface area contributed by atoms with Gasteiger partial charge in [-0.25, -0.2) is 4.79 Å². The molecule has 0 aliphatic heterocycles. The summed E-state index contributed by atoms with van der Waals surface area (Å²) in [7, 11) is 0. The molecule has 0 aliphatic rings. The number of urea groups is 1. The average Bonchev–Trinajstić information content (AvgIpc) is 2.49. The highest BCUT2D eigenvalue weighted by Crippen LogP contribution is 2.25. The van der Waals surface area contributed by atoms with Crippen molar-refractivity contribution in [3.05, 3.63) is 63.6 Å². The van der Waals surface area contributed by atoms with Crippen LogP contribution in [0.15, 0.2) is 42.5 Å². The normalized spacial score (nSPS) is 11.6. The molecule has 0 saturated heterocycles. The van der Waals surface area contributed by atoms with Crippen molar-refractivity contribution < 1.29 is 9.59 Å². The zero-order valence-corrected chi connectivity index (χ0v) is 13.8. The molecular weight excluding hydrogens is 337 g/mol. The van der Waals surface area contributed by atoms with Gasteiger partial charge >= 0.3 is 6.03 Å². The lowest BCUT2D eigenvalue weighted by atomic mass is 10.1. The van der Waals surface area contributed by atoms with E-state index >= 15 is 0 Å². The maximum absolute atomic E-state index is 12.3. The highest BCUT2D eigenvalue weighted by molar-refractivity contribution is 6.42. The Hall–Kier alpha value is -2.24. The van der Waals surface area contributed by atoms with E-state index in [0.717, 1.165) is 5.56 Å². The number of halogens is 2. The van der Waals surface area contributed by atoms with Crippen molar-refractivity contribution in [2.75, 3.05) is 5.32 Å². The van der Waals surface area contributed by atoms with E-state index in [9.17, 15) is 9.59 Å². The van der Waals surface area contributed by atoms with E-state index in [1.165, 1.54) is 0 Å². The minimum Gasteiger partial charge on any atom is -0.351 e. The molecule has 0 radical (unpaired) electrons. The molecule has 0 heterocycles. The summed E-state index contributed by atoms with van der Waals surface area (Å²) in [6.07, 6.45) is 0. The lowest BCUT2D eigenvalue weighted by Crippen LogP contribution is -2.27. The first-order valence-corrected chi connectivity index (χ1v) is 7.54. The Morgan fingerprint density at radius 3 is 2.48 bits per heavy atom. The third-order valence-electron chi connectivity index (χ3n) is 3.18. The van der Waals surface area contributed by atoms with Crippen LogP contribution in [0, 0.1) is 0 Å². The standard InChI is InChI=1S/C16H15Cl2N3O2/c1-9(10-5-6-13(17)14(18)8-10)20-15(22)11-3-2-4-12(7-11)21-16(19)23/h2-9H,1H3,(H,20,22)(H3,19,21,23). The summed E-state index contributed by atoms with van der Waals surface area (Å²) in [5.41, 5.74) is 6.75. The highest BCUT2D eigenvalue weighted by Gasteiger charge is 2.13. The summed E-state index contributed by atoms with van der Waals surface area (Å²) in [6, 6.07) is 10.7. The second kappa shape index (κ2) is 7.35. The molecule has 0 aromatic heterocycles. The third kappa shape index (κ3) is 4.61. The SMILES string of the molecule is CC(NC(=O)c1cccc(NC(N)=O)c1)c1ccc(Cl)c(Cl)c1. The number of primary amides is 1. The van der Waals surface area contributed by atoms with Gasteiger partial charge in [0, 0.05) is 11.3 Å². The van der Waals surface area contributed by atoms with E-state index in [4.69, 9.17) is 28.9 Å². The topological polar surface area (TPSA) is 84.2 Å². The number of anilines is 1. The molecule has 0 saturated carbocycles. The lowest BCUT2D eigenvalue weighted by Gasteiger charge is -2.15. The lowest BCUT2D eigenvalue weighted by molar-refractivity contribution is 0.0940. The predicted molar refractivity (Wildman–Crippen MR) is 92.0 cm³/mol. The highest BCUT2D eigenvalue weighted by atomic mass is 35.5. The molecule has 5 nitrogen and oxygen atoms in total. The van der Waals surface area contributed by atoms with Crippen molar-refractivity contribution in [1.29, 1.82) is 0 Å². The van der Waals surface area contributed by atoms with E-state index in [2.05, 4.69) is 10.6 Å². The molecule has 2 aromatic carbocycles. The fourth-order valence-corrected chi connectivity index (χ4v) is 2.33. The van der Waals surface area contributed by atoms with Gasteiger partial charge in [0.15, 0.2) is 0 Å². The molecule has 1 atom stereocenters. The Kier molecular flexibility index (Phi) is 5.47. The predicted octanol–water partition coefficient (Wildman–Crippen LogP) is 3.98. The van der Waals surface area contributed by atoms with Gasteiger partial charge in [0.05, 0.1) is 16.1 Å². The summed E-state index contributed by atoms with van der Waals surface area (Å²) in [5, 5.41) is 6.17. The van der Waals surface area contributed by atoms with Gasteiger partial charge in [-0.1, -0.05) is 35.3 Å². The Bertz CT molecular complexity index is 750. The zero-order valence-electron chi connectivity index (χ0n) is 12.3. The minimum absolute atomic E-state index is 0.259. The van der Waals surface area contributed by atoms with Crippen LogP contribution in [-0.4, -0.2) is 11.9 Å². The zero-order chi connectivity index (χ0) is 17.0. The first kappa shape index (κ1) is 17.1. The monoisotopic (exact) mass is 351 g/mol. The van der Waals surface area contributed by atoms with E-state index in [1.54, 1.807) is 42.5 Å². The molecule has 0 bridgehead atoms. The number of nitrogens with one attached hydrogen (secondary N) is 2. The number of carbonyl (C=O) groups is 2. The summed E-state index contributed by atoms with van der Waals surface area (Å²) in [4.78, 5) is 23.2. The molecule has 120 valence electrons. The van der Waals surface area contributed by atoms with Crippen LogP contribution < -0.4 is 16.4 Å². The van der Waals surface area contributed by atoms with E-state index in [-0.39, 0.29) is 11.9 Å². The Morgan fingerprint density at radius 1 is 1.09 bits per heavy atom. The van der Waals surface area contributed by atoms with Crippen molar-refractivity contribution in [3.8, 4) is 0 Å². The van der Waals surface area contributed by atoms with Crippen molar-refractivity contribution in [2.24, 2.45) is 5.73 Å². The number of amides is 3. The van der Waals surface area contributed by atoms with Crippen molar-refractivity contribution >= 4 is 40.8 Å². The Balaban J connectivity index is 2.11. The van der Waals surface area contributed by atoms with Crippen LogP contribution in [0.5, 0.6) is 0 Å². The van der Waals surface area contributed by atoms with Gasteiger partial charge < -0.3 is 16.4 Å². The maximum Gasteiger partial charge on any atom is 0.316 e. The number of carbonyl (C=O) groups excluding carboxylic acids is 2. The molecular formula is C16H15Cl2N3O2. The maximum atomic E-state index is 12.3. The molecule has 3 amide bonds. The number of rotatable bonds is 4. The van der Waals surface area contributed by atoms with Crippen LogP contribution in [0.25, 0.3) is 0 Å². The number of hydrogen-bond donors (Lipinski definition) is 3. The molecule has 23 heavy (non-hydrogen) atoms. The molecule has 0 fully saturated rings. The summed E-state index contributed by atoms with van der Waals surface area (Å²) < 4.78 is 0. The largest absolute Gasteiger partial charge is 0.351 e. The Labute approximate surface area is 143 Å². The van der Waals surface area contributed by atoms with Gasteiger partial charge in [0.2, 0.25) is 0 Å². The summed E-state index contributed by atoms with van der Waals surface area (Å²) >= 11 is 11.9. The average molecular weight is 352 g/mol. The van der Waals surface area contributed by atoms with Crippen LogP contribution >= 0.6 is 23.2 Å². The fourth-order valence-electron chi connectivity index (χ4n) is 2.03. The molecule has 2 rings (SSSR count). The number of hydrogen-bond acceptors (Lipinski definition) is 2. The van der Waals surface area contributed by atoms with Gasteiger partial charge in [0.1, 0.15) is 0 Å². The van der Waals surface area contributed by atoms with Gasteiger partial charge in [0.25, 0.3) is 5.91 Å². The van der Waals surface area contributed by atoms with Crippen molar-refractivity contribution in [3.63, 3.8) is 0 Å². The van der Waals surface area contributed by atoms with Crippen LogP contribution in [0.4, 0.5) is 10.5 Å². The van der Waals surface area contributed by atoms with Gasteiger partial charge in [-0.2, -0.15) is 0 Å². The molecule has 1 unspecified atom stereocenters. The Morgan fingerprint density at radius 2 is 1.83 bits per heavy atom. The number of nitrogens with two attached hydrogens (primary N) is 1. The minimum atomic E-state index is -0.688. The first-order valence-electron chi connectivity index (χ1n) is 6.79. The van der Waals surface area contributed by atoms with E-state index in [1.807, 2.05) is 6.92 Å². The molecule has 0 spiro atoms. The second-order valence-corrected chi connectivity index (χ2v) is 5.75. The van der Waals surface area contributed by atoms with E-state index in [0.29, 0.717) is 21.3 Å². The van der Waals surface area contributed by atoms with Crippen molar-refractivity contribution in [1.82, 2.24) is 5.32 Å². The van der Waals surface area contributed by atoms with Crippen LogP contribution in [-0.2, 0) is 0 Å². The van der Waals surface area contributed by atoms with Crippen LogP contribution in [0.1, 0.15) is 28.9 Å². The summed E-state index contributed by atoms with van der Waals surface area (Å²) in [5.74, 6) is -0.281. The van der Waals surface area contributed by atoms with Gasteiger partial charge in [-0.05, 0) is 42.8 Å². The third-order valence-corrected chi connectivity index (χ3v) is 3.92. The van der Waals surface area contributed by atoms with E-state index < -0.39 is 6.03 Å².